The summed E-state index contributed by atoms with van der Waals surface area (Å²) in [6.07, 6.45) is 1.07. The summed E-state index contributed by atoms with van der Waals surface area (Å²) in [4.78, 5) is 4.63. The summed E-state index contributed by atoms with van der Waals surface area (Å²) in [5.41, 5.74) is 3.64. The van der Waals surface area contributed by atoms with Gasteiger partial charge in [-0.15, -0.1) is 0 Å². The molecule has 0 amide bonds. The maximum absolute atomic E-state index is 4.63. The molecular formula is C14H18N2. The van der Waals surface area contributed by atoms with Crippen LogP contribution in [0.4, 0.5) is 5.82 Å². The van der Waals surface area contributed by atoms with Crippen LogP contribution in [-0.2, 0) is 6.42 Å². The second-order valence-electron chi connectivity index (χ2n) is 4.06. The van der Waals surface area contributed by atoms with E-state index in [0.29, 0.717) is 0 Å². The molecule has 2 aromatic rings. The summed E-state index contributed by atoms with van der Waals surface area (Å²) in [5.74, 6) is 0.999. The molecule has 1 heterocycles. The largest absolute Gasteiger partial charge is 0.370 e. The molecule has 0 saturated heterocycles. The molecule has 2 nitrogen and oxygen atoms in total. The van der Waals surface area contributed by atoms with Crippen LogP contribution in [0.15, 0.2) is 24.3 Å². The minimum absolute atomic E-state index is 0.909. The normalized spacial score (nSPS) is 10.7. The van der Waals surface area contributed by atoms with Crippen molar-refractivity contribution in [3.8, 4) is 0 Å². The molecule has 0 bridgehead atoms. The third-order valence-corrected chi connectivity index (χ3v) is 2.82. The Balaban J connectivity index is 2.55. The van der Waals surface area contributed by atoms with Gasteiger partial charge in [-0.3, -0.25) is 0 Å². The van der Waals surface area contributed by atoms with Crippen LogP contribution in [-0.4, -0.2) is 11.5 Å². The summed E-state index contributed by atoms with van der Waals surface area (Å²) in [6.45, 7) is 7.27. The maximum atomic E-state index is 4.63. The Bertz CT molecular complexity index is 503. The van der Waals surface area contributed by atoms with E-state index in [2.05, 4.69) is 55.3 Å². The van der Waals surface area contributed by atoms with Crippen molar-refractivity contribution in [1.29, 1.82) is 0 Å². The maximum Gasteiger partial charge on any atom is 0.129 e. The van der Waals surface area contributed by atoms with Gasteiger partial charge in [-0.1, -0.05) is 13.0 Å². The molecule has 1 aromatic heterocycles. The van der Waals surface area contributed by atoms with Crippen LogP contribution in [0.1, 0.15) is 25.0 Å². The van der Waals surface area contributed by atoms with Gasteiger partial charge in [0.1, 0.15) is 5.82 Å². The molecule has 2 rings (SSSR count). The molecule has 2 heteroatoms. The minimum Gasteiger partial charge on any atom is -0.370 e. The molecule has 0 unspecified atom stereocenters. The highest BCUT2D eigenvalue weighted by atomic mass is 15.0. The van der Waals surface area contributed by atoms with E-state index in [-0.39, 0.29) is 0 Å². The van der Waals surface area contributed by atoms with Crippen molar-refractivity contribution in [3.63, 3.8) is 0 Å². The number of anilines is 1. The molecule has 0 aliphatic rings. The van der Waals surface area contributed by atoms with Gasteiger partial charge in [0, 0.05) is 11.9 Å². The summed E-state index contributed by atoms with van der Waals surface area (Å²) in [7, 11) is 0. The number of aryl methyl sites for hydroxylation is 2. The summed E-state index contributed by atoms with van der Waals surface area (Å²) in [6, 6.07) is 8.69. The third-order valence-electron chi connectivity index (χ3n) is 2.82. The van der Waals surface area contributed by atoms with E-state index in [1.54, 1.807) is 0 Å². The zero-order valence-electron chi connectivity index (χ0n) is 10.2. The van der Waals surface area contributed by atoms with Gasteiger partial charge in [0.25, 0.3) is 0 Å². The predicted molar refractivity (Wildman–Crippen MR) is 70.0 cm³/mol. The second-order valence-corrected chi connectivity index (χ2v) is 4.06. The number of nitrogens with zero attached hydrogens (tertiary/aromatic N) is 1. The van der Waals surface area contributed by atoms with Gasteiger partial charge in [-0.2, -0.15) is 0 Å². The Morgan fingerprint density at radius 2 is 2.00 bits per heavy atom. The van der Waals surface area contributed by atoms with Crippen LogP contribution in [0.25, 0.3) is 10.9 Å². The van der Waals surface area contributed by atoms with Crippen LogP contribution < -0.4 is 5.32 Å². The van der Waals surface area contributed by atoms with Crippen LogP contribution in [0.5, 0.6) is 0 Å². The van der Waals surface area contributed by atoms with Crippen molar-refractivity contribution < 1.29 is 0 Å². The van der Waals surface area contributed by atoms with Gasteiger partial charge < -0.3 is 5.32 Å². The van der Waals surface area contributed by atoms with E-state index in [9.17, 15) is 0 Å². The Morgan fingerprint density at radius 1 is 1.19 bits per heavy atom. The van der Waals surface area contributed by atoms with Crippen molar-refractivity contribution >= 4 is 16.7 Å². The molecule has 1 aromatic carbocycles. The molecule has 1 N–H and O–H groups in total. The number of rotatable bonds is 3. The van der Waals surface area contributed by atoms with Crippen LogP contribution in [0, 0.1) is 6.92 Å². The number of hydrogen-bond acceptors (Lipinski definition) is 2. The van der Waals surface area contributed by atoms with Crippen LogP contribution >= 0.6 is 0 Å². The van der Waals surface area contributed by atoms with Crippen LogP contribution in [0.2, 0.25) is 0 Å². The Labute approximate surface area is 96.7 Å². The standard InChI is InChI=1S/C14H18N2/c1-4-11-6-7-13-12(9-11)8-10(3)14(16-13)15-5-2/h6-9H,4-5H2,1-3H3,(H,15,16). The first kappa shape index (κ1) is 10.9. The van der Waals surface area contributed by atoms with E-state index in [1.165, 1.54) is 16.5 Å². The quantitative estimate of drug-likeness (QED) is 0.845. The lowest BCUT2D eigenvalue weighted by Crippen LogP contribution is -2.01. The molecule has 0 radical (unpaired) electrons. The molecular weight excluding hydrogens is 196 g/mol. The number of fused-ring (bicyclic) bond motifs is 1. The van der Waals surface area contributed by atoms with E-state index >= 15 is 0 Å². The Hall–Kier alpha value is -1.57. The van der Waals surface area contributed by atoms with Gasteiger partial charge in [0.2, 0.25) is 0 Å². The molecule has 84 valence electrons. The number of hydrogen-bond donors (Lipinski definition) is 1. The molecule has 0 saturated carbocycles. The minimum atomic E-state index is 0.909. The van der Waals surface area contributed by atoms with Gasteiger partial charge >= 0.3 is 0 Å². The number of pyridine rings is 1. The fourth-order valence-electron chi connectivity index (χ4n) is 1.90. The summed E-state index contributed by atoms with van der Waals surface area (Å²) < 4.78 is 0. The fraction of sp³-hybridized carbons (Fsp3) is 0.357. The van der Waals surface area contributed by atoms with E-state index in [1.807, 2.05) is 0 Å². The molecule has 0 fully saturated rings. The summed E-state index contributed by atoms with van der Waals surface area (Å²) in [5, 5.41) is 4.52. The molecule has 0 atom stereocenters. The molecule has 0 aliphatic carbocycles. The number of aromatic nitrogens is 1. The average molecular weight is 214 g/mol. The van der Waals surface area contributed by atoms with Gasteiger partial charge in [0.15, 0.2) is 0 Å². The average Bonchev–Trinajstić information content (AvgIpc) is 2.30. The van der Waals surface area contributed by atoms with Crippen molar-refractivity contribution in [1.82, 2.24) is 4.98 Å². The highest BCUT2D eigenvalue weighted by molar-refractivity contribution is 5.82. The SMILES string of the molecule is CCNc1nc2ccc(CC)cc2cc1C. The third kappa shape index (κ3) is 2.01. The second kappa shape index (κ2) is 4.52. The Kier molecular flexibility index (Phi) is 3.09. The van der Waals surface area contributed by atoms with E-state index in [0.717, 1.165) is 24.3 Å². The van der Waals surface area contributed by atoms with Gasteiger partial charge in [-0.05, 0) is 49.6 Å². The first-order valence-electron chi connectivity index (χ1n) is 5.88. The first-order chi connectivity index (χ1) is 7.74. The molecule has 0 aliphatic heterocycles. The van der Waals surface area contributed by atoms with Crippen LogP contribution in [0.3, 0.4) is 0 Å². The van der Waals surface area contributed by atoms with Crippen molar-refractivity contribution in [2.75, 3.05) is 11.9 Å². The molecule has 0 spiro atoms. The monoisotopic (exact) mass is 214 g/mol. The highest BCUT2D eigenvalue weighted by Gasteiger charge is 2.02. The number of benzene rings is 1. The molecule has 16 heavy (non-hydrogen) atoms. The smallest absolute Gasteiger partial charge is 0.129 e. The summed E-state index contributed by atoms with van der Waals surface area (Å²) >= 11 is 0. The van der Waals surface area contributed by atoms with E-state index < -0.39 is 0 Å². The number of nitrogens with one attached hydrogen (secondary N) is 1. The van der Waals surface area contributed by atoms with Gasteiger partial charge in [0.05, 0.1) is 5.52 Å². The van der Waals surface area contributed by atoms with Crippen molar-refractivity contribution in [2.45, 2.75) is 27.2 Å². The zero-order chi connectivity index (χ0) is 11.5. The lowest BCUT2D eigenvalue weighted by atomic mass is 10.1. The van der Waals surface area contributed by atoms with E-state index in [4.69, 9.17) is 0 Å². The highest BCUT2D eigenvalue weighted by Crippen LogP contribution is 2.21. The lowest BCUT2D eigenvalue weighted by molar-refractivity contribution is 1.14. The lowest BCUT2D eigenvalue weighted by Gasteiger charge is -2.08. The zero-order valence-corrected chi connectivity index (χ0v) is 10.2. The van der Waals surface area contributed by atoms with Gasteiger partial charge in [-0.25, -0.2) is 4.98 Å². The fourth-order valence-corrected chi connectivity index (χ4v) is 1.90. The topological polar surface area (TPSA) is 24.9 Å². The van der Waals surface area contributed by atoms with Crippen molar-refractivity contribution in [2.24, 2.45) is 0 Å². The first-order valence-corrected chi connectivity index (χ1v) is 5.88. The predicted octanol–water partition coefficient (Wildman–Crippen LogP) is 3.54. The Morgan fingerprint density at radius 3 is 2.69 bits per heavy atom. The van der Waals surface area contributed by atoms with Crippen molar-refractivity contribution in [3.05, 3.63) is 35.4 Å².